The highest BCUT2D eigenvalue weighted by Crippen LogP contribution is 2.08. The van der Waals surface area contributed by atoms with E-state index in [4.69, 9.17) is 5.73 Å². The van der Waals surface area contributed by atoms with Crippen LogP contribution in [0.15, 0.2) is 6.20 Å². The molecule has 1 aromatic heterocycles. The Kier molecular flexibility index (Phi) is 5.85. The van der Waals surface area contributed by atoms with Gasteiger partial charge in [-0.05, 0) is 12.8 Å². The second-order valence-electron chi connectivity index (χ2n) is 4.57. The molecule has 0 aromatic carbocycles. The number of aromatic nitrogens is 2. The van der Waals surface area contributed by atoms with Gasteiger partial charge in [0.15, 0.2) is 0 Å². The van der Waals surface area contributed by atoms with E-state index in [1.165, 1.54) is 0 Å². The molecule has 0 saturated carbocycles. The largest absolute Gasteiger partial charge is 0.352 e. The number of aryl methyl sites for hydroxylation is 2. The van der Waals surface area contributed by atoms with Gasteiger partial charge in [0, 0.05) is 31.9 Å². The van der Waals surface area contributed by atoms with Gasteiger partial charge in [-0.15, -0.1) is 0 Å². The highest BCUT2D eigenvalue weighted by molar-refractivity contribution is 5.78. The van der Waals surface area contributed by atoms with E-state index in [1.54, 1.807) is 4.68 Å². The fourth-order valence-electron chi connectivity index (χ4n) is 2.06. The maximum absolute atomic E-state index is 11.9. The lowest BCUT2D eigenvalue weighted by atomic mass is 10.0. The van der Waals surface area contributed by atoms with Gasteiger partial charge in [-0.3, -0.25) is 9.48 Å². The van der Waals surface area contributed by atoms with Crippen LogP contribution < -0.4 is 11.1 Å². The molecular formula is C13H24N4O. The van der Waals surface area contributed by atoms with Gasteiger partial charge < -0.3 is 11.1 Å². The van der Waals surface area contributed by atoms with Crippen molar-refractivity contribution in [2.45, 2.75) is 39.7 Å². The molecule has 0 bridgehead atoms. The molecule has 1 atom stereocenters. The normalized spacial score (nSPS) is 12.4. The lowest BCUT2D eigenvalue weighted by molar-refractivity contribution is -0.125. The summed E-state index contributed by atoms with van der Waals surface area (Å²) < 4.78 is 1.78. The van der Waals surface area contributed by atoms with Crippen molar-refractivity contribution in [3.63, 3.8) is 0 Å². The molecule has 0 aliphatic carbocycles. The van der Waals surface area contributed by atoms with Crippen LogP contribution in [0, 0.1) is 5.92 Å². The van der Waals surface area contributed by atoms with Crippen molar-refractivity contribution in [3.05, 3.63) is 17.5 Å². The Labute approximate surface area is 109 Å². The molecular weight excluding hydrogens is 228 g/mol. The van der Waals surface area contributed by atoms with Crippen LogP contribution >= 0.6 is 0 Å². The molecule has 5 heteroatoms. The van der Waals surface area contributed by atoms with E-state index in [0.717, 1.165) is 30.5 Å². The van der Waals surface area contributed by atoms with Crippen LogP contribution in [-0.2, 0) is 24.8 Å². The smallest absolute Gasteiger partial charge is 0.224 e. The number of carbonyl (C=O) groups excluding carboxylic acids is 1. The van der Waals surface area contributed by atoms with Crippen LogP contribution in [0.2, 0.25) is 0 Å². The molecule has 1 unspecified atom stereocenters. The summed E-state index contributed by atoms with van der Waals surface area (Å²) in [5.41, 5.74) is 7.73. The predicted molar refractivity (Wildman–Crippen MR) is 71.9 cm³/mol. The second kappa shape index (κ2) is 7.16. The fourth-order valence-corrected chi connectivity index (χ4v) is 2.06. The third kappa shape index (κ3) is 3.84. The summed E-state index contributed by atoms with van der Waals surface area (Å²) in [6.45, 7) is 5.07. The van der Waals surface area contributed by atoms with E-state index in [9.17, 15) is 4.79 Å². The zero-order valence-corrected chi connectivity index (χ0v) is 11.6. The minimum Gasteiger partial charge on any atom is -0.352 e. The average molecular weight is 252 g/mol. The summed E-state index contributed by atoms with van der Waals surface area (Å²) in [7, 11) is 1.89. The molecule has 0 fully saturated rings. The van der Waals surface area contributed by atoms with Crippen molar-refractivity contribution in [1.82, 2.24) is 15.1 Å². The van der Waals surface area contributed by atoms with Gasteiger partial charge >= 0.3 is 0 Å². The van der Waals surface area contributed by atoms with E-state index in [2.05, 4.69) is 24.3 Å². The molecule has 1 heterocycles. The summed E-state index contributed by atoms with van der Waals surface area (Å²) in [4.78, 5) is 11.9. The molecule has 3 N–H and O–H groups in total. The topological polar surface area (TPSA) is 72.9 Å². The number of nitrogens with two attached hydrogens (primary N) is 1. The minimum atomic E-state index is -0.0725. The van der Waals surface area contributed by atoms with Crippen LogP contribution in [0.4, 0.5) is 0 Å². The maximum Gasteiger partial charge on any atom is 0.224 e. The number of rotatable bonds is 7. The van der Waals surface area contributed by atoms with Gasteiger partial charge in [-0.1, -0.05) is 20.3 Å². The summed E-state index contributed by atoms with van der Waals surface area (Å²) in [6.07, 6.45) is 4.65. The van der Waals surface area contributed by atoms with E-state index in [1.807, 2.05) is 13.2 Å². The summed E-state index contributed by atoms with van der Waals surface area (Å²) >= 11 is 0. The SMILES string of the molecule is CCCC(CN)C(=O)NCc1cn(C)nc1CC. The number of hydrogen-bond acceptors (Lipinski definition) is 3. The van der Waals surface area contributed by atoms with Crippen molar-refractivity contribution in [1.29, 1.82) is 0 Å². The van der Waals surface area contributed by atoms with Crippen LogP contribution in [0.25, 0.3) is 0 Å². The number of amides is 1. The van der Waals surface area contributed by atoms with Crippen molar-refractivity contribution in [3.8, 4) is 0 Å². The maximum atomic E-state index is 11.9. The Hall–Kier alpha value is -1.36. The van der Waals surface area contributed by atoms with Gasteiger partial charge in [-0.25, -0.2) is 0 Å². The Balaban J connectivity index is 2.55. The molecule has 18 heavy (non-hydrogen) atoms. The van der Waals surface area contributed by atoms with Gasteiger partial charge in [0.2, 0.25) is 5.91 Å². The summed E-state index contributed by atoms with van der Waals surface area (Å²) in [5.74, 6) is -0.0259. The number of carbonyl (C=O) groups is 1. The molecule has 1 rings (SSSR count). The Morgan fingerprint density at radius 3 is 2.83 bits per heavy atom. The molecule has 1 amide bonds. The molecule has 5 nitrogen and oxygen atoms in total. The quantitative estimate of drug-likeness (QED) is 0.759. The van der Waals surface area contributed by atoms with E-state index >= 15 is 0 Å². The fraction of sp³-hybridized carbons (Fsp3) is 0.692. The van der Waals surface area contributed by atoms with E-state index in [0.29, 0.717) is 13.1 Å². The summed E-state index contributed by atoms with van der Waals surface area (Å²) in [6, 6.07) is 0. The third-order valence-corrected chi connectivity index (χ3v) is 3.07. The monoisotopic (exact) mass is 252 g/mol. The molecule has 102 valence electrons. The molecule has 0 radical (unpaired) electrons. The van der Waals surface area contributed by atoms with E-state index in [-0.39, 0.29) is 11.8 Å². The van der Waals surface area contributed by atoms with Crippen LogP contribution in [0.3, 0.4) is 0 Å². The van der Waals surface area contributed by atoms with Crippen molar-refractivity contribution in [2.24, 2.45) is 18.7 Å². The van der Waals surface area contributed by atoms with Crippen LogP contribution in [0.1, 0.15) is 37.9 Å². The number of hydrogen-bond donors (Lipinski definition) is 2. The highest BCUT2D eigenvalue weighted by Gasteiger charge is 2.16. The molecule has 0 aliphatic heterocycles. The minimum absolute atomic E-state index is 0.0465. The van der Waals surface area contributed by atoms with Gasteiger partial charge in [0.05, 0.1) is 11.6 Å². The second-order valence-corrected chi connectivity index (χ2v) is 4.57. The number of nitrogens with one attached hydrogen (secondary N) is 1. The van der Waals surface area contributed by atoms with Crippen molar-refractivity contribution < 1.29 is 4.79 Å². The first-order chi connectivity index (χ1) is 8.62. The first-order valence-corrected chi connectivity index (χ1v) is 6.61. The predicted octanol–water partition coefficient (Wildman–Crippen LogP) is 0.974. The Bertz CT molecular complexity index is 386. The van der Waals surface area contributed by atoms with Crippen molar-refractivity contribution in [2.75, 3.05) is 6.54 Å². The molecule has 0 aliphatic rings. The van der Waals surface area contributed by atoms with Gasteiger partial charge in [-0.2, -0.15) is 5.10 Å². The zero-order valence-electron chi connectivity index (χ0n) is 11.6. The third-order valence-electron chi connectivity index (χ3n) is 3.07. The van der Waals surface area contributed by atoms with E-state index < -0.39 is 0 Å². The van der Waals surface area contributed by atoms with Crippen LogP contribution in [0.5, 0.6) is 0 Å². The first-order valence-electron chi connectivity index (χ1n) is 6.61. The lowest BCUT2D eigenvalue weighted by Gasteiger charge is -2.13. The molecule has 0 spiro atoms. The van der Waals surface area contributed by atoms with Crippen LogP contribution in [-0.4, -0.2) is 22.2 Å². The Morgan fingerprint density at radius 1 is 1.56 bits per heavy atom. The summed E-state index contributed by atoms with van der Waals surface area (Å²) in [5, 5.41) is 7.30. The lowest BCUT2D eigenvalue weighted by Crippen LogP contribution is -2.34. The first kappa shape index (κ1) is 14.7. The average Bonchev–Trinajstić information content (AvgIpc) is 2.73. The molecule has 0 saturated heterocycles. The van der Waals surface area contributed by atoms with Crippen molar-refractivity contribution >= 4 is 5.91 Å². The standard InChI is InChI=1S/C13H24N4O/c1-4-6-10(7-14)13(18)15-8-11-9-17(3)16-12(11)5-2/h9-10H,4-8,14H2,1-3H3,(H,15,18). The van der Waals surface area contributed by atoms with Gasteiger partial charge in [0.25, 0.3) is 0 Å². The van der Waals surface area contributed by atoms with Gasteiger partial charge in [0.1, 0.15) is 0 Å². The Morgan fingerprint density at radius 2 is 2.28 bits per heavy atom. The number of nitrogens with zero attached hydrogens (tertiary/aromatic N) is 2. The molecule has 1 aromatic rings. The highest BCUT2D eigenvalue weighted by atomic mass is 16.1. The zero-order chi connectivity index (χ0) is 13.5.